The third kappa shape index (κ3) is 2.75. The molecular weight excluding hydrogens is 314 g/mol. The van der Waals surface area contributed by atoms with Gasteiger partial charge in [-0.2, -0.15) is 5.10 Å². The zero-order chi connectivity index (χ0) is 16.6. The number of hydrogen-bond acceptors (Lipinski definition) is 5. The van der Waals surface area contributed by atoms with E-state index in [1.807, 2.05) is 20.0 Å². The monoisotopic (exact) mass is 331 g/mol. The summed E-state index contributed by atoms with van der Waals surface area (Å²) in [6.07, 6.45) is 0. The molecular formula is C16H17N3O3S. The molecule has 0 saturated heterocycles. The van der Waals surface area contributed by atoms with E-state index < -0.39 is 0 Å². The zero-order valence-corrected chi connectivity index (χ0v) is 14.2. The quantitative estimate of drug-likeness (QED) is 0.797. The van der Waals surface area contributed by atoms with Gasteiger partial charge in [-0.25, -0.2) is 0 Å². The third-order valence-electron chi connectivity index (χ3n) is 3.57. The number of methoxy groups -OCH3 is 2. The number of carbonyl (C=O) groups excluding carboxylic acids is 1. The summed E-state index contributed by atoms with van der Waals surface area (Å²) in [6, 6.07) is 7.14. The first-order chi connectivity index (χ1) is 11.0. The van der Waals surface area contributed by atoms with Crippen molar-refractivity contribution in [3.63, 3.8) is 0 Å². The van der Waals surface area contributed by atoms with Gasteiger partial charge in [0, 0.05) is 18.5 Å². The Morgan fingerprint density at radius 1 is 1.26 bits per heavy atom. The smallest absolute Gasteiger partial charge is 0.265 e. The fourth-order valence-corrected chi connectivity index (χ4v) is 3.43. The second-order valence-electron chi connectivity index (χ2n) is 5.06. The number of amides is 1. The van der Waals surface area contributed by atoms with Crippen molar-refractivity contribution in [3.05, 3.63) is 34.8 Å². The van der Waals surface area contributed by atoms with Crippen LogP contribution in [-0.4, -0.2) is 29.9 Å². The molecule has 0 saturated carbocycles. The van der Waals surface area contributed by atoms with Gasteiger partial charge in [0.1, 0.15) is 16.3 Å². The number of benzene rings is 1. The number of nitrogens with zero attached hydrogens (tertiary/aromatic N) is 2. The Labute approximate surface area is 137 Å². The van der Waals surface area contributed by atoms with Crippen molar-refractivity contribution in [2.45, 2.75) is 6.92 Å². The van der Waals surface area contributed by atoms with Gasteiger partial charge in [-0.1, -0.05) is 0 Å². The molecule has 0 aliphatic carbocycles. The van der Waals surface area contributed by atoms with E-state index in [9.17, 15) is 4.79 Å². The first kappa shape index (κ1) is 15.4. The van der Waals surface area contributed by atoms with Gasteiger partial charge < -0.3 is 14.8 Å². The van der Waals surface area contributed by atoms with Gasteiger partial charge in [-0.3, -0.25) is 9.48 Å². The van der Waals surface area contributed by atoms with Gasteiger partial charge in [0.15, 0.2) is 0 Å². The second-order valence-corrected chi connectivity index (χ2v) is 6.09. The van der Waals surface area contributed by atoms with Crippen LogP contribution in [0.25, 0.3) is 10.2 Å². The highest BCUT2D eigenvalue weighted by Crippen LogP contribution is 2.31. The second kappa shape index (κ2) is 5.92. The number of nitrogens with one attached hydrogen (secondary N) is 1. The van der Waals surface area contributed by atoms with Crippen LogP contribution in [0.1, 0.15) is 15.4 Å². The maximum absolute atomic E-state index is 12.5. The summed E-state index contributed by atoms with van der Waals surface area (Å²) in [4.78, 5) is 14.1. The Bertz CT molecular complexity index is 848. The van der Waals surface area contributed by atoms with Crippen LogP contribution in [0.2, 0.25) is 0 Å². The predicted octanol–water partition coefficient (Wildman–Crippen LogP) is 3.21. The van der Waals surface area contributed by atoms with Gasteiger partial charge in [0.25, 0.3) is 5.91 Å². The maximum atomic E-state index is 12.5. The van der Waals surface area contributed by atoms with Crippen LogP contribution < -0.4 is 14.8 Å². The number of thiophene rings is 1. The van der Waals surface area contributed by atoms with Crippen LogP contribution in [0, 0.1) is 6.92 Å². The molecule has 1 aromatic carbocycles. The minimum absolute atomic E-state index is 0.183. The Morgan fingerprint density at radius 2 is 2.04 bits per heavy atom. The molecule has 0 fully saturated rings. The summed E-state index contributed by atoms with van der Waals surface area (Å²) in [6.45, 7) is 1.93. The molecule has 1 amide bonds. The molecule has 0 atom stereocenters. The van der Waals surface area contributed by atoms with Crippen LogP contribution in [0.15, 0.2) is 24.3 Å². The van der Waals surface area contributed by atoms with E-state index in [0.717, 1.165) is 15.9 Å². The number of carbonyl (C=O) groups is 1. The zero-order valence-electron chi connectivity index (χ0n) is 13.3. The predicted molar refractivity (Wildman–Crippen MR) is 90.8 cm³/mol. The van der Waals surface area contributed by atoms with Crippen LogP contribution in [0.5, 0.6) is 11.5 Å². The van der Waals surface area contributed by atoms with Crippen molar-refractivity contribution >= 4 is 33.1 Å². The first-order valence-corrected chi connectivity index (χ1v) is 7.81. The molecule has 0 spiro atoms. The topological polar surface area (TPSA) is 65.4 Å². The lowest BCUT2D eigenvalue weighted by molar-refractivity contribution is 0.103. The number of aryl methyl sites for hydroxylation is 2. The normalized spacial score (nSPS) is 10.8. The van der Waals surface area contributed by atoms with Crippen LogP contribution in [0.3, 0.4) is 0 Å². The van der Waals surface area contributed by atoms with Crippen molar-refractivity contribution in [3.8, 4) is 11.5 Å². The highest BCUT2D eigenvalue weighted by Gasteiger charge is 2.16. The summed E-state index contributed by atoms with van der Waals surface area (Å²) in [7, 11) is 5.01. The van der Waals surface area contributed by atoms with Gasteiger partial charge >= 0.3 is 0 Å². The lowest BCUT2D eigenvalue weighted by Crippen LogP contribution is -2.11. The molecule has 120 valence electrons. The lowest BCUT2D eigenvalue weighted by Gasteiger charge is -2.11. The summed E-state index contributed by atoms with van der Waals surface area (Å²) >= 11 is 1.41. The molecule has 7 heteroatoms. The average Bonchev–Trinajstić information content (AvgIpc) is 3.09. The third-order valence-corrected chi connectivity index (χ3v) is 4.78. The summed E-state index contributed by atoms with van der Waals surface area (Å²) in [5.74, 6) is 1.05. The van der Waals surface area contributed by atoms with E-state index in [2.05, 4.69) is 10.4 Å². The van der Waals surface area contributed by atoms with E-state index in [1.54, 1.807) is 37.1 Å². The van der Waals surface area contributed by atoms with Gasteiger partial charge in [-0.15, -0.1) is 11.3 Å². The van der Waals surface area contributed by atoms with Crippen molar-refractivity contribution < 1.29 is 14.3 Å². The molecule has 0 unspecified atom stereocenters. The molecule has 3 rings (SSSR count). The van der Waals surface area contributed by atoms with Crippen LogP contribution >= 0.6 is 11.3 Å². The molecule has 0 aliphatic rings. The van der Waals surface area contributed by atoms with Crippen molar-refractivity contribution in [1.82, 2.24) is 9.78 Å². The van der Waals surface area contributed by atoms with Crippen LogP contribution in [0.4, 0.5) is 5.69 Å². The average molecular weight is 331 g/mol. The van der Waals surface area contributed by atoms with Gasteiger partial charge in [0.05, 0.1) is 30.5 Å². The lowest BCUT2D eigenvalue weighted by atomic mass is 10.2. The number of rotatable bonds is 4. The Hall–Kier alpha value is -2.54. The maximum Gasteiger partial charge on any atom is 0.265 e. The summed E-state index contributed by atoms with van der Waals surface area (Å²) < 4.78 is 12.3. The minimum Gasteiger partial charge on any atom is -0.497 e. The van der Waals surface area contributed by atoms with Crippen molar-refractivity contribution in [2.75, 3.05) is 19.5 Å². The summed E-state index contributed by atoms with van der Waals surface area (Å²) in [5, 5.41) is 8.22. The molecule has 0 bridgehead atoms. The number of hydrogen-bond donors (Lipinski definition) is 1. The highest BCUT2D eigenvalue weighted by atomic mass is 32.1. The fraction of sp³-hybridized carbons (Fsp3) is 0.250. The molecule has 3 aromatic rings. The number of aromatic nitrogens is 2. The van der Waals surface area contributed by atoms with E-state index >= 15 is 0 Å². The number of anilines is 1. The largest absolute Gasteiger partial charge is 0.497 e. The van der Waals surface area contributed by atoms with E-state index in [1.165, 1.54) is 11.3 Å². The molecule has 0 aliphatic heterocycles. The summed E-state index contributed by atoms with van der Waals surface area (Å²) in [5.41, 5.74) is 1.49. The van der Waals surface area contributed by atoms with Gasteiger partial charge in [0.2, 0.25) is 0 Å². The molecule has 23 heavy (non-hydrogen) atoms. The SMILES string of the molecule is COc1ccc(OC)c(NC(=O)c2cc3c(C)nn(C)c3s2)c1. The van der Waals surface area contributed by atoms with E-state index in [0.29, 0.717) is 22.1 Å². The molecule has 2 aromatic heterocycles. The van der Waals surface area contributed by atoms with E-state index in [4.69, 9.17) is 9.47 Å². The molecule has 1 N–H and O–H groups in total. The standard InChI is InChI=1S/C16H17N3O3S/c1-9-11-8-14(23-16(11)19(2)18-9)15(20)17-12-7-10(21-3)5-6-13(12)22-4/h5-8H,1-4H3,(H,17,20). The van der Waals surface area contributed by atoms with Crippen LogP contribution in [-0.2, 0) is 7.05 Å². The highest BCUT2D eigenvalue weighted by molar-refractivity contribution is 7.20. The number of ether oxygens (including phenoxy) is 2. The van der Waals surface area contributed by atoms with Crippen molar-refractivity contribution in [2.24, 2.45) is 7.05 Å². The Kier molecular flexibility index (Phi) is 3.96. The molecule has 0 radical (unpaired) electrons. The van der Waals surface area contributed by atoms with E-state index in [-0.39, 0.29) is 5.91 Å². The minimum atomic E-state index is -0.183. The van der Waals surface area contributed by atoms with Crippen molar-refractivity contribution in [1.29, 1.82) is 0 Å². The fourth-order valence-electron chi connectivity index (χ4n) is 2.41. The van der Waals surface area contributed by atoms with Gasteiger partial charge in [-0.05, 0) is 25.1 Å². The first-order valence-electron chi connectivity index (χ1n) is 7.00. The molecule has 6 nitrogen and oxygen atoms in total. The molecule has 2 heterocycles. The Morgan fingerprint density at radius 3 is 2.70 bits per heavy atom. The number of fused-ring (bicyclic) bond motifs is 1. The Balaban J connectivity index is 1.92.